The minimum atomic E-state index is -0.690. The van der Waals surface area contributed by atoms with E-state index in [0.29, 0.717) is 12.5 Å². The van der Waals surface area contributed by atoms with E-state index in [4.69, 9.17) is 9.84 Å². The van der Waals surface area contributed by atoms with Crippen LogP contribution in [0.3, 0.4) is 0 Å². The Balaban J connectivity index is 1.62. The molecule has 2 aromatic rings. The topological polar surface area (TPSA) is 49.8 Å². The molecule has 4 heteroatoms. The van der Waals surface area contributed by atoms with E-state index in [0.717, 1.165) is 36.6 Å². The highest BCUT2D eigenvalue weighted by Crippen LogP contribution is 2.26. The molecule has 2 aromatic carbocycles. The predicted molar refractivity (Wildman–Crippen MR) is 98.1 cm³/mol. The summed E-state index contributed by atoms with van der Waals surface area (Å²) in [4.78, 5) is 13.3. The van der Waals surface area contributed by atoms with Crippen LogP contribution in [0, 0.1) is 5.92 Å². The minimum Gasteiger partial charge on any atom is -0.481 e. The van der Waals surface area contributed by atoms with Gasteiger partial charge in [0, 0.05) is 13.1 Å². The molecular formula is C21H25NO3. The lowest BCUT2D eigenvalue weighted by atomic mass is 10.0. The van der Waals surface area contributed by atoms with E-state index in [1.54, 1.807) is 0 Å². The van der Waals surface area contributed by atoms with Gasteiger partial charge in [0.05, 0.1) is 5.92 Å². The van der Waals surface area contributed by atoms with Gasteiger partial charge in [0.2, 0.25) is 0 Å². The van der Waals surface area contributed by atoms with Crippen molar-refractivity contribution in [3.63, 3.8) is 0 Å². The molecular weight excluding hydrogens is 314 g/mol. The van der Waals surface area contributed by atoms with Crippen molar-refractivity contribution >= 4 is 5.97 Å². The molecule has 0 spiro atoms. The maximum absolute atomic E-state index is 11.1. The summed E-state index contributed by atoms with van der Waals surface area (Å²) in [6.45, 7) is 6.56. The van der Waals surface area contributed by atoms with Crippen molar-refractivity contribution < 1.29 is 14.6 Å². The van der Waals surface area contributed by atoms with Crippen molar-refractivity contribution in [2.24, 2.45) is 5.92 Å². The van der Waals surface area contributed by atoms with Crippen LogP contribution < -0.4 is 4.74 Å². The van der Waals surface area contributed by atoms with E-state index in [-0.39, 0.29) is 5.92 Å². The van der Waals surface area contributed by atoms with E-state index in [1.807, 2.05) is 30.3 Å². The van der Waals surface area contributed by atoms with E-state index in [2.05, 4.69) is 36.9 Å². The Hall–Kier alpha value is -2.33. The zero-order valence-electron chi connectivity index (χ0n) is 14.8. The summed E-state index contributed by atoms with van der Waals surface area (Å²) in [7, 11) is 0. The molecule has 0 amide bonds. The van der Waals surface area contributed by atoms with Gasteiger partial charge in [0.15, 0.2) is 0 Å². The number of carboxylic acid groups (broad SMARTS) is 1. The number of hydrogen-bond donors (Lipinski definition) is 1. The third kappa shape index (κ3) is 4.60. The van der Waals surface area contributed by atoms with Gasteiger partial charge in [0.1, 0.15) is 11.5 Å². The van der Waals surface area contributed by atoms with Gasteiger partial charge in [-0.25, -0.2) is 0 Å². The standard InChI is InChI=1S/C21H25NO3/c1-15(2)17-6-8-19(9-7-17)25-20-5-3-4-16(12-20)13-22-11-10-18(14-22)21(23)24/h3-9,12,15,18H,10-11,13-14H2,1-2H3,(H,23,24). The normalized spacial score (nSPS) is 17.8. The van der Waals surface area contributed by atoms with Crippen LogP contribution in [0.5, 0.6) is 11.5 Å². The minimum absolute atomic E-state index is 0.237. The third-order valence-electron chi connectivity index (χ3n) is 4.71. The Morgan fingerprint density at radius 3 is 2.60 bits per heavy atom. The van der Waals surface area contributed by atoms with Crippen molar-refractivity contribution in [3.8, 4) is 11.5 Å². The molecule has 25 heavy (non-hydrogen) atoms. The van der Waals surface area contributed by atoms with E-state index >= 15 is 0 Å². The number of nitrogens with zero attached hydrogens (tertiary/aromatic N) is 1. The fourth-order valence-electron chi connectivity index (χ4n) is 3.20. The van der Waals surface area contributed by atoms with Crippen LogP contribution in [0.4, 0.5) is 0 Å². The van der Waals surface area contributed by atoms with Crippen molar-refractivity contribution in [2.45, 2.75) is 32.7 Å². The molecule has 3 rings (SSSR count). The van der Waals surface area contributed by atoms with Gasteiger partial charge in [-0.3, -0.25) is 9.69 Å². The van der Waals surface area contributed by atoms with E-state index in [1.165, 1.54) is 5.56 Å². The Morgan fingerprint density at radius 1 is 1.20 bits per heavy atom. The van der Waals surface area contributed by atoms with Crippen molar-refractivity contribution in [1.82, 2.24) is 4.90 Å². The lowest BCUT2D eigenvalue weighted by Crippen LogP contribution is -2.22. The molecule has 0 aromatic heterocycles. The maximum atomic E-state index is 11.1. The molecule has 132 valence electrons. The number of hydrogen-bond acceptors (Lipinski definition) is 3. The van der Waals surface area contributed by atoms with E-state index in [9.17, 15) is 4.79 Å². The first kappa shape index (κ1) is 17.5. The molecule has 1 aliphatic rings. The van der Waals surface area contributed by atoms with Gasteiger partial charge < -0.3 is 9.84 Å². The lowest BCUT2D eigenvalue weighted by Gasteiger charge is -2.16. The second-order valence-electron chi connectivity index (χ2n) is 7.03. The largest absolute Gasteiger partial charge is 0.481 e. The van der Waals surface area contributed by atoms with Gasteiger partial charge in [0.25, 0.3) is 0 Å². The van der Waals surface area contributed by atoms with Crippen LogP contribution in [0.2, 0.25) is 0 Å². The average Bonchev–Trinajstić information content (AvgIpc) is 3.04. The molecule has 1 saturated heterocycles. The molecule has 4 nitrogen and oxygen atoms in total. The quantitative estimate of drug-likeness (QED) is 0.841. The van der Waals surface area contributed by atoms with Gasteiger partial charge >= 0.3 is 5.97 Å². The zero-order chi connectivity index (χ0) is 17.8. The number of rotatable bonds is 6. The van der Waals surface area contributed by atoms with Gasteiger partial charge in [-0.15, -0.1) is 0 Å². The highest BCUT2D eigenvalue weighted by Gasteiger charge is 2.27. The molecule has 1 heterocycles. The summed E-state index contributed by atoms with van der Waals surface area (Å²) in [5.41, 5.74) is 2.44. The number of carboxylic acids is 1. The first-order chi connectivity index (χ1) is 12.0. The first-order valence-electron chi connectivity index (χ1n) is 8.83. The summed E-state index contributed by atoms with van der Waals surface area (Å²) >= 11 is 0. The summed E-state index contributed by atoms with van der Waals surface area (Å²) in [6, 6.07) is 16.2. The highest BCUT2D eigenvalue weighted by atomic mass is 16.5. The van der Waals surface area contributed by atoms with Crippen LogP contribution in [0.15, 0.2) is 48.5 Å². The first-order valence-corrected chi connectivity index (χ1v) is 8.83. The summed E-state index contributed by atoms with van der Waals surface area (Å²) in [5.74, 6) is 1.22. The molecule has 1 unspecified atom stereocenters. The molecule has 0 saturated carbocycles. The number of ether oxygens (including phenoxy) is 1. The number of benzene rings is 2. The number of carbonyl (C=O) groups is 1. The van der Waals surface area contributed by atoms with E-state index < -0.39 is 5.97 Å². The Morgan fingerprint density at radius 2 is 1.96 bits per heavy atom. The summed E-state index contributed by atoms with van der Waals surface area (Å²) in [5, 5.41) is 9.11. The van der Waals surface area contributed by atoms with Gasteiger partial charge in [-0.1, -0.05) is 38.1 Å². The second-order valence-corrected chi connectivity index (χ2v) is 7.03. The molecule has 1 fully saturated rings. The second kappa shape index (κ2) is 7.70. The van der Waals surface area contributed by atoms with Crippen molar-refractivity contribution in [2.75, 3.05) is 13.1 Å². The smallest absolute Gasteiger partial charge is 0.307 e. The Labute approximate surface area is 149 Å². The fourth-order valence-corrected chi connectivity index (χ4v) is 3.20. The molecule has 0 radical (unpaired) electrons. The molecule has 1 atom stereocenters. The van der Waals surface area contributed by atoms with Gasteiger partial charge in [-0.05, 0) is 54.3 Å². The molecule has 0 bridgehead atoms. The summed E-state index contributed by atoms with van der Waals surface area (Å²) in [6.07, 6.45) is 0.730. The average molecular weight is 339 g/mol. The van der Waals surface area contributed by atoms with Crippen LogP contribution in [-0.2, 0) is 11.3 Å². The molecule has 1 N–H and O–H groups in total. The van der Waals surface area contributed by atoms with Crippen LogP contribution >= 0.6 is 0 Å². The molecule has 0 aliphatic carbocycles. The SMILES string of the molecule is CC(C)c1ccc(Oc2cccc(CN3CCC(C(=O)O)C3)c2)cc1. The highest BCUT2D eigenvalue weighted by molar-refractivity contribution is 5.70. The number of aliphatic carboxylic acids is 1. The van der Waals surface area contributed by atoms with Crippen molar-refractivity contribution in [1.29, 1.82) is 0 Å². The predicted octanol–water partition coefficient (Wildman–Crippen LogP) is 4.51. The lowest BCUT2D eigenvalue weighted by molar-refractivity contribution is -0.141. The monoisotopic (exact) mass is 339 g/mol. The Kier molecular flexibility index (Phi) is 5.39. The van der Waals surface area contributed by atoms with Crippen LogP contribution in [0.1, 0.15) is 37.3 Å². The Bertz CT molecular complexity index is 724. The maximum Gasteiger partial charge on any atom is 0.307 e. The number of likely N-dealkylation sites (tertiary alicyclic amines) is 1. The third-order valence-corrected chi connectivity index (χ3v) is 4.71. The van der Waals surface area contributed by atoms with Crippen LogP contribution in [0.25, 0.3) is 0 Å². The molecule has 1 aliphatic heterocycles. The van der Waals surface area contributed by atoms with Gasteiger partial charge in [-0.2, -0.15) is 0 Å². The summed E-state index contributed by atoms with van der Waals surface area (Å²) < 4.78 is 5.96. The zero-order valence-corrected chi connectivity index (χ0v) is 14.8. The van der Waals surface area contributed by atoms with Crippen molar-refractivity contribution in [3.05, 3.63) is 59.7 Å². The van der Waals surface area contributed by atoms with Crippen LogP contribution in [-0.4, -0.2) is 29.1 Å². The fraction of sp³-hybridized carbons (Fsp3) is 0.381.